The average molecular weight is 581 g/mol. The van der Waals surface area contributed by atoms with E-state index in [0.717, 1.165) is 0 Å². The molecule has 0 fully saturated rings. The Labute approximate surface area is 241 Å². The van der Waals surface area contributed by atoms with Crippen molar-refractivity contribution in [1.29, 1.82) is 0 Å². The maximum Gasteiger partial charge on any atom is 0.338 e. The molecule has 4 rings (SSSR count). The number of para-hydroxylation sites is 1. The summed E-state index contributed by atoms with van der Waals surface area (Å²) < 4.78 is 29.2. The van der Waals surface area contributed by atoms with E-state index in [1.54, 1.807) is 50.4 Å². The summed E-state index contributed by atoms with van der Waals surface area (Å²) >= 11 is 1.19. The number of aromatic nitrogens is 1. The number of benzene rings is 2. The second kappa shape index (κ2) is 12.4. The van der Waals surface area contributed by atoms with Crippen LogP contribution in [0.25, 0.3) is 6.08 Å². The van der Waals surface area contributed by atoms with E-state index in [9.17, 15) is 14.4 Å². The van der Waals surface area contributed by atoms with Crippen molar-refractivity contribution >= 4 is 29.4 Å². The molecule has 1 aromatic heterocycles. The van der Waals surface area contributed by atoms with E-state index in [1.165, 1.54) is 37.0 Å². The molecule has 3 aromatic rings. The number of ether oxygens (including phenoxy) is 5. The van der Waals surface area contributed by atoms with E-state index in [2.05, 4.69) is 4.99 Å². The molecule has 1 aliphatic rings. The number of hydrogen-bond donors (Lipinski definition) is 0. The summed E-state index contributed by atoms with van der Waals surface area (Å²) in [6.45, 7) is 7.08. The molecule has 0 aliphatic carbocycles. The summed E-state index contributed by atoms with van der Waals surface area (Å²) in [5, 5.41) is 0. The minimum absolute atomic E-state index is 0.112. The van der Waals surface area contributed by atoms with E-state index in [-0.39, 0.29) is 35.2 Å². The minimum atomic E-state index is -0.874. The maximum atomic E-state index is 14.0. The van der Waals surface area contributed by atoms with Gasteiger partial charge in [0.15, 0.2) is 27.8 Å². The zero-order valence-electron chi connectivity index (χ0n) is 24.0. The average Bonchev–Trinajstić information content (AvgIpc) is 3.24. The third-order valence-electron chi connectivity index (χ3n) is 6.27. The number of nitrogens with zero attached hydrogens (tertiary/aromatic N) is 2. The van der Waals surface area contributed by atoms with Gasteiger partial charge in [0.25, 0.3) is 5.56 Å². The third kappa shape index (κ3) is 6.04. The van der Waals surface area contributed by atoms with Crippen molar-refractivity contribution in [1.82, 2.24) is 4.57 Å². The van der Waals surface area contributed by atoms with Crippen LogP contribution in [0, 0.1) is 5.92 Å². The topological polar surface area (TPSA) is 115 Å². The van der Waals surface area contributed by atoms with Crippen molar-refractivity contribution in [2.24, 2.45) is 10.9 Å². The Kier molecular flexibility index (Phi) is 8.97. The van der Waals surface area contributed by atoms with Crippen molar-refractivity contribution in [2.75, 3.05) is 27.9 Å². The molecule has 0 saturated carbocycles. The van der Waals surface area contributed by atoms with Gasteiger partial charge in [-0.1, -0.05) is 43.4 Å². The van der Waals surface area contributed by atoms with Crippen molar-refractivity contribution in [3.05, 3.63) is 78.5 Å². The molecule has 216 valence electrons. The Morgan fingerprint density at radius 3 is 2.41 bits per heavy atom. The lowest BCUT2D eigenvalue weighted by atomic mass is 9.95. The van der Waals surface area contributed by atoms with Gasteiger partial charge in [-0.05, 0) is 42.7 Å². The number of allylic oxidation sites excluding steroid dienone is 1. The standard InChI is InChI=1S/C30H32N2O8S/c1-16(2)15-39-29(35)25-17(3)31-30-32(26(25)19-11-12-21(40-18(4)33)23(13-19)37-6)28(34)24(41-30)14-20-9-8-10-22(36-5)27(20)38-7/h8-14,16,26H,15H2,1-7H3/b24-14+. The summed E-state index contributed by atoms with van der Waals surface area (Å²) in [5.41, 5.74) is 1.50. The number of thiazole rings is 1. The number of methoxy groups -OCH3 is 3. The van der Waals surface area contributed by atoms with Gasteiger partial charge in [-0.2, -0.15) is 0 Å². The van der Waals surface area contributed by atoms with Crippen LogP contribution in [0.2, 0.25) is 0 Å². The van der Waals surface area contributed by atoms with Gasteiger partial charge in [0.05, 0.1) is 49.8 Å². The lowest BCUT2D eigenvalue weighted by molar-refractivity contribution is -0.140. The molecule has 1 aliphatic heterocycles. The summed E-state index contributed by atoms with van der Waals surface area (Å²) in [5.74, 6) is 0.523. The van der Waals surface area contributed by atoms with Gasteiger partial charge in [-0.25, -0.2) is 9.79 Å². The first-order chi connectivity index (χ1) is 19.6. The lowest BCUT2D eigenvalue weighted by Crippen LogP contribution is -2.40. The fourth-order valence-electron chi connectivity index (χ4n) is 4.48. The minimum Gasteiger partial charge on any atom is -0.493 e. The molecule has 0 spiro atoms. The van der Waals surface area contributed by atoms with Crippen LogP contribution in [0.1, 0.15) is 44.9 Å². The number of carbonyl (C=O) groups is 2. The van der Waals surface area contributed by atoms with Gasteiger partial charge in [-0.15, -0.1) is 0 Å². The summed E-state index contributed by atoms with van der Waals surface area (Å²) in [4.78, 5) is 44.1. The van der Waals surface area contributed by atoms with E-state index in [1.807, 2.05) is 19.9 Å². The molecule has 2 aromatic carbocycles. The Balaban J connectivity index is 1.95. The molecular weight excluding hydrogens is 548 g/mol. The van der Waals surface area contributed by atoms with Crippen molar-refractivity contribution < 1.29 is 33.3 Å². The highest BCUT2D eigenvalue weighted by molar-refractivity contribution is 7.07. The first kappa shape index (κ1) is 29.6. The van der Waals surface area contributed by atoms with Crippen LogP contribution in [-0.2, 0) is 14.3 Å². The second-order valence-corrected chi connectivity index (χ2v) is 10.7. The Hall–Kier alpha value is -4.38. The molecule has 2 heterocycles. The van der Waals surface area contributed by atoms with E-state index in [0.29, 0.717) is 37.7 Å². The van der Waals surface area contributed by atoms with Gasteiger partial charge in [0.1, 0.15) is 0 Å². The first-order valence-electron chi connectivity index (χ1n) is 12.9. The van der Waals surface area contributed by atoms with Crippen molar-refractivity contribution in [2.45, 2.75) is 33.7 Å². The number of carbonyl (C=O) groups excluding carboxylic acids is 2. The molecule has 10 nitrogen and oxygen atoms in total. The van der Waals surface area contributed by atoms with Crippen LogP contribution in [0.15, 0.2) is 57.5 Å². The highest BCUT2D eigenvalue weighted by Crippen LogP contribution is 2.36. The Morgan fingerprint density at radius 1 is 1.05 bits per heavy atom. The monoisotopic (exact) mass is 580 g/mol. The van der Waals surface area contributed by atoms with Gasteiger partial charge in [0, 0.05) is 12.5 Å². The highest BCUT2D eigenvalue weighted by atomic mass is 32.1. The van der Waals surface area contributed by atoms with Crippen LogP contribution in [0.3, 0.4) is 0 Å². The zero-order valence-corrected chi connectivity index (χ0v) is 24.8. The molecule has 0 saturated heterocycles. The summed E-state index contributed by atoms with van der Waals surface area (Å²) in [6, 6.07) is 9.40. The number of esters is 2. The van der Waals surface area contributed by atoms with E-state index < -0.39 is 18.0 Å². The second-order valence-electron chi connectivity index (χ2n) is 9.66. The normalized spacial score (nSPS) is 14.8. The zero-order chi connectivity index (χ0) is 29.8. The molecule has 1 unspecified atom stereocenters. The van der Waals surface area contributed by atoms with Gasteiger partial charge >= 0.3 is 11.9 Å². The van der Waals surface area contributed by atoms with Crippen molar-refractivity contribution in [3.63, 3.8) is 0 Å². The predicted molar refractivity (Wildman–Crippen MR) is 153 cm³/mol. The molecule has 11 heteroatoms. The van der Waals surface area contributed by atoms with Gasteiger partial charge < -0.3 is 23.7 Å². The quantitative estimate of drug-likeness (QED) is 0.280. The van der Waals surface area contributed by atoms with E-state index >= 15 is 0 Å². The molecule has 0 radical (unpaired) electrons. The largest absolute Gasteiger partial charge is 0.493 e. The van der Waals surface area contributed by atoms with Crippen LogP contribution >= 0.6 is 11.3 Å². The van der Waals surface area contributed by atoms with Crippen molar-refractivity contribution in [3.8, 4) is 23.0 Å². The molecule has 0 N–H and O–H groups in total. The molecule has 41 heavy (non-hydrogen) atoms. The first-order valence-corrected chi connectivity index (χ1v) is 13.7. The highest BCUT2D eigenvalue weighted by Gasteiger charge is 2.34. The Bertz CT molecular complexity index is 1700. The molecule has 0 amide bonds. The molecule has 0 bridgehead atoms. The number of hydrogen-bond acceptors (Lipinski definition) is 10. The lowest BCUT2D eigenvalue weighted by Gasteiger charge is -2.25. The third-order valence-corrected chi connectivity index (χ3v) is 7.25. The molecule has 1 atom stereocenters. The summed E-state index contributed by atoms with van der Waals surface area (Å²) in [7, 11) is 4.51. The van der Waals surface area contributed by atoms with Gasteiger partial charge in [-0.3, -0.25) is 14.2 Å². The predicted octanol–water partition coefficient (Wildman–Crippen LogP) is 3.39. The fourth-order valence-corrected chi connectivity index (χ4v) is 5.52. The fraction of sp³-hybridized carbons (Fsp3) is 0.333. The SMILES string of the molecule is COc1cc(C2C(C(=O)OCC(C)C)=C(C)N=c3s/c(=C/c4cccc(OC)c4OC)c(=O)n32)ccc1OC(C)=O. The Morgan fingerprint density at radius 2 is 1.78 bits per heavy atom. The maximum absolute atomic E-state index is 14.0. The van der Waals surface area contributed by atoms with Crippen LogP contribution in [0.5, 0.6) is 23.0 Å². The van der Waals surface area contributed by atoms with Crippen LogP contribution < -0.4 is 33.8 Å². The number of fused-ring (bicyclic) bond motifs is 1. The number of rotatable bonds is 9. The van der Waals surface area contributed by atoms with Crippen LogP contribution in [-0.4, -0.2) is 44.4 Å². The van der Waals surface area contributed by atoms with E-state index in [4.69, 9.17) is 23.7 Å². The molecular formula is C30H32N2O8S. The summed E-state index contributed by atoms with van der Waals surface area (Å²) in [6.07, 6.45) is 1.71. The van der Waals surface area contributed by atoms with Crippen LogP contribution in [0.4, 0.5) is 0 Å². The smallest absolute Gasteiger partial charge is 0.338 e. The van der Waals surface area contributed by atoms with Gasteiger partial charge in [0.2, 0.25) is 0 Å².